The maximum absolute atomic E-state index is 12.7. The molecule has 0 saturated carbocycles. The van der Waals surface area contributed by atoms with Gasteiger partial charge in [-0.15, -0.1) is 0 Å². The van der Waals surface area contributed by atoms with Gasteiger partial charge < -0.3 is 14.4 Å². The molecule has 6 nitrogen and oxygen atoms in total. The van der Waals surface area contributed by atoms with Gasteiger partial charge in [0.15, 0.2) is 0 Å². The highest BCUT2D eigenvalue weighted by Crippen LogP contribution is 2.56. The molecule has 3 rings (SSSR count). The lowest BCUT2D eigenvalue weighted by Gasteiger charge is -2.58. The second-order valence-corrected chi connectivity index (χ2v) is 9.77. The quantitative estimate of drug-likeness (QED) is 0.775. The molecule has 0 radical (unpaired) electrons. The number of fused-ring (bicyclic) bond motifs is 2. The van der Waals surface area contributed by atoms with E-state index in [0.717, 1.165) is 17.7 Å². The van der Waals surface area contributed by atoms with Gasteiger partial charge >= 0.3 is 6.09 Å². The highest BCUT2D eigenvalue weighted by molar-refractivity contribution is 5.69. The average molecular weight is 350 g/mol. The van der Waals surface area contributed by atoms with E-state index in [4.69, 9.17) is 9.26 Å². The van der Waals surface area contributed by atoms with Crippen molar-refractivity contribution in [2.45, 2.75) is 78.0 Å². The topological polar surface area (TPSA) is 75.8 Å². The van der Waals surface area contributed by atoms with Gasteiger partial charge in [0.05, 0.1) is 6.20 Å². The number of hydrogen-bond donors (Lipinski definition) is 1. The molecule has 0 spiro atoms. The van der Waals surface area contributed by atoms with Crippen molar-refractivity contribution in [3.63, 3.8) is 0 Å². The first-order valence-corrected chi connectivity index (χ1v) is 8.93. The van der Waals surface area contributed by atoms with Gasteiger partial charge in [-0.25, -0.2) is 4.79 Å². The summed E-state index contributed by atoms with van der Waals surface area (Å²) in [6.07, 6.45) is 2.56. The van der Waals surface area contributed by atoms with E-state index >= 15 is 0 Å². The SMILES string of the molecule is CC(C)(C)OC(=O)N1CC2(C)Cc3cnoc3C(C)(C)C2CC1(C)O. The average Bonchev–Trinajstić information content (AvgIpc) is 2.87. The first kappa shape index (κ1) is 18.2. The van der Waals surface area contributed by atoms with Crippen molar-refractivity contribution in [2.24, 2.45) is 11.3 Å². The number of aromatic nitrogens is 1. The fourth-order valence-corrected chi connectivity index (χ4v) is 4.78. The lowest BCUT2D eigenvalue weighted by Crippen LogP contribution is -2.65. The smallest absolute Gasteiger partial charge is 0.412 e. The van der Waals surface area contributed by atoms with Crippen molar-refractivity contribution in [1.29, 1.82) is 0 Å². The summed E-state index contributed by atoms with van der Waals surface area (Å²) in [5, 5.41) is 15.0. The molecule has 1 aromatic rings. The zero-order chi connectivity index (χ0) is 18.8. The molecule has 25 heavy (non-hydrogen) atoms. The van der Waals surface area contributed by atoms with Crippen LogP contribution in [0.25, 0.3) is 0 Å². The molecule has 0 bridgehead atoms. The molecule has 1 fully saturated rings. The van der Waals surface area contributed by atoms with Gasteiger partial charge in [0.25, 0.3) is 0 Å². The Kier molecular flexibility index (Phi) is 3.81. The predicted octanol–water partition coefficient (Wildman–Crippen LogP) is 3.48. The molecular weight excluding hydrogens is 320 g/mol. The van der Waals surface area contributed by atoms with E-state index in [1.54, 1.807) is 13.1 Å². The summed E-state index contributed by atoms with van der Waals surface area (Å²) in [7, 11) is 0. The predicted molar refractivity (Wildman–Crippen MR) is 93.0 cm³/mol. The lowest BCUT2D eigenvalue weighted by molar-refractivity contribution is -0.175. The van der Waals surface area contributed by atoms with Gasteiger partial charge in [-0.1, -0.05) is 25.9 Å². The van der Waals surface area contributed by atoms with Crippen molar-refractivity contribution in [2.75, 3.05) is 6.54 Å². The Morgan fingerprint density at radius 3 is 2.60 bits per heavy atom. The fourth-order valence-electron chi connectivity index (χ4n) is 4.78. The monoisotopic (exact) mass is 350 g/mol. The van der Waals surface area contributed by atoms with Gasteiger partial charge in [-0.05, 0) is 51.9 Å². The minimum absolute atomic E-state index is 0.161. The Labute approximate surface area is 149 Å². The molecular formula is C19H30N2O4. The Bertz CT molecular complexity index is 686. The van der Waals surface area contributed by atoms with Crippen LogP contribution in [0.1, 0.15) is 66.2 Å². The summed E-state index contributed by atoms with van der Waals surface area (Å²) in [5.41, 5.74) is -1.21. The highest BCUT2D eigenvalue weighted by atomic mass is 16.6. The van der Waals surface area contributed by atoms with Gasteiger partial charge in [0.1, 0.15) is 17.1 Å². The third-order valence-electron chi connectivity index (χ3n) is 5.84. The molecule has 1 amide bonds. The second-order valence-electron chi connectivity index (χ2n) is 9.77. The minimum atomic E-state index is -1.26. The van der Waals surface area contributed by atoms with Gasteiger partial charge in [-0.3, -0.25) is 4.90 Å². The fraction of sp³-hybridized carbons (Fsp3) is 0.789. The lowest BCUT2D eigenvalue weighted by atomic mass is 9.53. The summed E-state index contributed by atoms with van der Waals surface area (Å²) in [4.78, 5) is 14.2. The van der Waals surface area contributed by atoms with Crippen LogP contribution in [0, 0.1) is 11.3 Å². The van der Waals surface area contributed by atoms with Crippen LogP contribution in [0.3, 0.4) is 0 Å². The molecule has 3 atom stereocenters. The molecule has 3 unspecified atom stereocenters. The number of amides is 1. The van der Waals surface area contributed by atoms with Crippen LogP contribution < -0.4 is 0 Å². The number of carbonyl (C=O) groups is 1. The maximum atomic E-state index is 12.7. The van der Waals surface area contributed by atoms with Crippen molar-refractivity contribution < 1.29 is 19.2 Å². The van der Waals surface area contributed by atoms with E-state index in [9.17, 15) is 9.90 Å². The summed E-state index contributed by atoms with van der Waals surface area (Å²) in [5.74, 6) is 1.06. The van der Waals surface area contributed by atoms with Crippen LogP contribution in [-0.4, -0.2) is 39.1 Å². The molecule has 1 saturated heterocycles. The molecule has 1 aliphatic heterocycles. The summed E-state index contributed by atoms with van der Waals surface area (Å²) >= 11 is 0. The Balaban J connectivity index is 1.97. The molecule has 1 aliphatic carbocycles. The summed E-state index contributed by atoms with van der Waals surface area (Å²) in [6, 6.07) is 0. The number of carbonyl (C=O) groups excluding carboxylic acids is 1. The zero-order valence-electron chi connectivity index (χ0n) is 16.3. The molecule has 2 heterocycles. The van der Waals surface area contributed by atoms with Crippen LogP contribution in [0.5, 0.6) is 0 Å². The minimum Gasteiger partial charge on any atom is -0.444 e. The molecule has 1 aromatic heterocycles. The van der Waals surface area contributed by atoms with E-state index < -0.39 is 17.4 Å². The van der Waals surface area contributed by atoms with Gasteiger partial charge in [0.2, 0.25) is 0 Å². The van der Waals surface area contributed by atoms with Crippen LogP contribution in [0.4, 0.5) is 4.79 Å². The molecule has 6 heteroatoms. The molecule has 0 aromatic carbocycles. The number of likely N-dealkylation sites (tertiary alicyclic amines) is 1. The largest absolute Gasteiger partial charge is 0.444 e. The van der Waals surface area contributed by atoms with Crippen molar-refractivity contribution >= 4 is 6.09 Å². The Morgan fingerprint density at radius 2 is 2.00 bits per heavy atom. The third-order valence-corrected chi connectivity index (χ3v) is 5.84. The van der Waals surface area contributed by atoms with E-state index in [-0.39, 0.29) is 16.7 Å². The molecule has 140 valence electrons. The van der Waals surface area contributed by atoms with E-state index in [1.165, 1.54) is 4.90 Å². The second kappa shape index (κ2) is 5.22. The van der Waals surface area contributed by atoms with Crippen LogP contribution in [0.2, 0.25) is 0 Å². The normalized spacial score (nSPS) is 34.2. The van der Waals surface area contributed by atoms with Crippen LogP contribution >= 0.6 is 0 Å². The number of hydrogen-bond acceptors (Lipinski definition) is 5. The van der Waals surface area contributed by atoms with Crippen LogP contribution in [-0.2, 0) is 16.6 Å². The van der Waals surface area contributed by atoms with E-state index in [2.05, 4.69) is 25.9 Å². The van der Waals surface area contributed by atoms with Crippen molar-refractivity contribution in [1.82, 2.24) is 10.1 Å². The number of aliphatic hydroxyl groups is 1. The van der Waals surface area contributed by atoms with Gasteiger partial charge in [-0.2, -0.15) is 0 Å². The van der Waals surface area contributed by atoms with Gasteiger partial charge in [0, 0.05) is 17.5 Å². The molecule has 1 N–H and O–H groups in total. The third kappa shape index (κ3) is 2.94. The highest BCUT2D eigenvalue weighted by Gasteiger charge is 2.59. The van der Waals surface area contributed by atoms with E-state index in [0.29, 0.717) is 13.0 Å². The number of nitrogens with zero attached hydrogens (tertiary/aromatic N) is 2. The first-order valence-electron chi connectivity index (χ1n) is 8.93. The Morgan fingerprint density at radius 1 is 1.36 bits per heavy atom. The summed E-state index contributed by atoms with van der Waals surface area (Å²) < 4.78 is 11.1. The standard InChI is InChI=1S/C19H30N2O4/c1-16(2,3)24-15(22)21-11-18(6)8-12-10-20-25-14(12)17(4,5)13(18)9-19(21,7)23/h10,13,23H,8-9,11H2,1-7H3. The number of ether oxygens (including phenoxy) is 1. The summed E-state index contributed by atoms with van der Waals surface area (Å²) in [6.45, 7) is 14.1. The van der Waals surface area contributed by atoms with Crippen molar-refractivity contribution in [3.05, 3.63) is 17.5 Å². The number of rotatable bonds is 0. The maximum Gasteiger partial charge on any atom is 0.412 e. The Hall–Kier alpha value is -1.56. The first-order chi connectivity index (χ1) is 11.3. The molecule has 2 aliphatic rings. The van der Waals surface area contributed by atoms with E-state index in [1.807, 2.05) is 20.8 Å². The van der Waals surface area contributed by atoms with Crippen molar-refractivity contribution in [3.8, 4) is 0 Å². The zero-order valence-corrected chi connectivity index (χ0v) is 16.3. The van der Waals surface area contributed by atoms with Crippen LogP contribution in [0.15, 0.2) is 10.7 Å². The number of piperidine rings is 1.